The Balaban J connectivity index is 1.98. The zero-order chi connectivity index (χ0) is 19.1. The fraction of sp³-hybridized carbons (Fsp3) is 0.444. The van der Waals surface area contributed by atoms with Crippen LogP contribution in [0.2, 0.25) is 0 Å². The molecule has 0 fully saturated rings. The van der Waals surface area contributed by atoms with Crippen LogP contribution in [0.25, 0.3) is 0 Å². The lowest BCUT2D eigenvalue weighted by Gasteiger charge is -2.27. The molecule has 1 aliphatic rings. The molecule has 7 nitrogen and oxygen atoms in total. The number of sulfonamides is 1. The van der Waals surface area contributed by atoms with Gasteiger partial charge in [-0.2, -0.15) is 9.40 Å². The Morgan fingerprint density at radius 3 is 2.69 bits per heavy atom. The third-order valence-electron chi connectivity index (χ3n) is 4.62. The number of hydrogen-bond donors (Lipinski definition) is 0. The maximum absolute atomic E-state index is 13.1. The molecule has 2 aromatic rings. The lowest BCUT2D eigenvalue weighted by atomic mass is 10.1. The van der Waals surface area contributed by atoms with Crippen molar-refractivity contribution >= 4 is 16.0 Å². The van der Waals surface area contributed by atoms with Gasteiger partial charge in [0.2, 0.25) is 10.0 Å². The Hall–Kier alpha value is -2.19. The molecule has 0 bridgehead atoms. The monoisotopic (exact) mass is 377 g/mol. The molecule has 0 unspecified atom stereocenters. The summed E-state index contributed by atoms with van der Waals surface area (Å²) in [6.07, 6.45) is 0.502. The number of carbonyl (C=O) groups is 1. The molecule has 2 heterocycles. The van der Waals surface area contributed by atoms with Crippen LogP contribution in [0.4, 0.5) is 0 Å². The van der Waals surface area contributed by atoms with Crippen LogP contribution in [0, 0.1) is 13.8 Å². The van der Waals surface area contributed by atoms with E-state index in [1.807, 2.05) is 13.0 Å². The zero-order valence-electron chi connectivity index (χ0n) is 15.4. The highest BCUT2D eigenvalue weighted by atomic mass is 32.2. The summed E-state index contributed by atoms with van der Waals surface area (Å²) in [5, 5.41) is 4.25. The number of rotatable bonds is 4. The third-order valence-corrected chi connectivity index (χ3v) is 6.63. The molecule has 3 rings (SSSR count). The van der Waals surface area contributed by atoms with E-state index in [9.17, 15) is 13.2 Å². The normalized spacial score (nSPS) is 14.9. The zero-order valence-corrected chi connectivity index (χ0v) is 16.3. The maximum atomic E-state index is 13.1. The summed E-state index contributed by atoms with van der Waals surface area (Å²) in [6.45, 7) is 6.16. The molecular weight excluding hydrogens is 354 g/mol. The topological polar surface area (TPSA) is 81.5 Å². The minimum absolute atomic E-state index is 0.118. The lowest BCUT2D eigenvalue weighted by Crippen LogP contribution is -2.37. The first-order valence-electron chi connectivity index (χ1n) is 8.55. The first kappa shape index (κ1) is 18.6. The van der Waals surface area contributed by atoms with Gasteiger partial charge in [0, 0.05) is 37.8 Å². The highest BCUT2D eigenvalue weighted by Crippen LogP contribution is 2.28. The molecule has 0 spiro atoms. The fourth-order valence-electron chi connectivity index (χ4n) is 3.36. The average Bonchev–Trinajstić information content (AvgIpc) is 2.91. The number of benzene rings is 1. The van der Waals surface area contributed by atoms with Crippen molar-refractivity contribution in [3.63, 3.8) is 0 Å². The Morgan fingerprint density at radius 2 is 2.04 bits per heavy atom. The van der Waals surface area contributed by atoms with E-state index >= 15 is 0 Å². The molecule has 1 aromatic carbocycles. The summed E-state index contributed by atoms with van der Waals surface area (Å²) in [6, 6.07) is 5.30. The van der Waals surface area contributed by atoms with Gasteiger partial charge in [0.1, 0.15) is 0 Å². The molecule has 0 aliphatic carbocycles. The molecule has 8 heteroatoms. The molecule has 1 aliphatic heterocycles. The van der Waals surface area contributed by atoms with Gasteiger partial charge in [-0.3, -0.25) is 4.68 Å². The molecule has 0 saturated heterocycles. The highest BCUT2D eigenvalue weighted by Gasteiger charge is 2.34. The molecule has 0 saturated carbocycles. The number of carbonyl (C=O) groups excluding carboxylic acids is 1. The number of aromatic nitrogens is 2. The number of fused-ring (bicyclic) bond motifs is 1. The summed E-state index contributed by atoms with van der Waals surface area (Å²) in [7, 11) is -1.89. The van der Waals surface area contributed by atoms with Gasteiger partial charge in [-0.15, -0.1) is 0 Å². The van der Waals surface area contributed by atoms with Gasteiger partial charge in [0.15, 0.2) is 5.69 Å². The van der Waals surface area contributed by atoms with Crippen LogP contribution in [0.5, 0.6) is 0 Å². The van der Waals surface area contributed by atoms with Crippen molar-refractivity contribution in [2.45, 2.75) is 38.6 Å². The molecule has 140 valence electrons. The van der Waals surface area contributed by atoms with Crippen LogP contribution in [-0.2, 0) is 34.8 Å². The molecule has 0 atom stereocenters. The van der Waals surface area contributed by atoms with Crippen molar-refractivity contribution in [3.8, 4) is 0 Å². The van der Waals surface area contributed by atoms with E-state index in [1.54, 1.807) is 37.7 Å². The van der Waals surface area contributed by atoms with Crippen molar-refractivity contribution in [3.05, 3.63) is 46.3 Å². The summed E-state index contributed by atoms with van der Waals surface area (Å²) >= 11 is 0. The second kappa shape index (κ2) is 6.85. The molecule has 0 amide bonds. The molecule has 1 aromatic heterocycles. The van der Waals surface area contributed by atoms with Gasteiger partial charge in [0.25, 0.3) is 0 Å². The largest absolute Gasteiger partial charge is 0.461 e. The Morgan fingerprint density at radius 1 is 1.31 bits per heavy atom. The Kier molecular flexibility index (Phi) is 4.90. The molecule has 0 N–H and O–H groups in total. The second-order valence-electron chi connectivity index (χ2n) is 6.48. The summed E-state index contributed by atoms with van der Waals surface area (Å²) < 4.78 is 34.4. The van der Waals surface area contributed by atoms with Gasteiger partial charge >= 0.3 is 5.97 Å². The maximum Gasteiger partial charge on any atom is 0.359 e. The Labute approximate surface area is 153 Å². The van der Waals surface area contributed by atoms with Gasteiger partial charge < -0.3 is 4.74 Å². The van der Waals surface area contributed by atoms with Crippen LogP contribution in [0.15, 0.2) is 23.1 Å². The quantitative estimate of drug-likeness (QED) is 0.761. The SMILES string of the molecule is CCOC(=O)c1nn(C)c2c1CN(S(=O)(=O)c1ccc(C)cc1C)CC2. The van der Waals surface area contributed by atoms with Crippen molar-refractivity contribution in [1.29, 1.82) is 0 Å². The van der Waals surface area contributed by atoms with Crippen LogP contribution >= 0.6 is 0 Å². The van der Waals surface area contributed by atoms with Crippen LogP contribution < -0.4 is 0 Å². The van der Waals surface area contributed by atoms with E-state index in [2.05, 4.69) is 5.10 Å². The van der Waals surface area contributed by atoms with E-state index in [4.69, 9.17) is 4.74 Å². The predicted octanol–water partition coefficient (Wildman–Crippen LogP) is 1.96. The fourth-order valence-corrected chi connectivity index (χ4v) is 4.98. The van der Waals surface area contributed by atoms with Crippen molar-refractivity contribution < 1.29 is 17.9 Å². The van der Waals surface area contributed by atoms with Crippen LogP contribution in [0.1, 0.15) is 39.8 Å². The molecule has 0 radical (unpaired) electrons. The average molecular weight is 377 g/mol. The third kappa shape index (κ3) is 3.14. The number of ether oxygens (including phenoxy) is 1. The minimum atomic E-state index is -3.65. The van der Waals surface area contributed by atoms with E-state index in [-0.39, 0.29) is 18.8 Å². The van der Waals surface area contributed by atoms with Crippen molar-refractivity contribution in [2.75, 3.05) is 13.2 Å². The predicted molar refractivity (Wildman–Crippen MR) is 96.4 cm³/mol. The van der Waals surface area contributed by atoms with E-state index in [0.717, 1.165) is 11.3 Å². The number of aryl methyl sites for hydroxylation is 3. The summed E-state index contributed by atoms with van der Waals surface area (Å²) in [5.41, 5.74) is 3.43. The molecule has 26 heavy (non-hydrogen) atoms. The van der Waals surface area contributed by atoms with E-state index < -0.39 is 16.0 Å². The lowest BCUT2D eigenvalue weighted by molar-refractivity contribution is 0.0516. The van der Waals surface area contributed by atoms with E-state index in [0.29, 0.717) is 29.0 Å². The second-order valence-corrected chi connectivity index (χ2v) is 8.38. The first-order valence-corrected chi connectivity index (χ1v) is 9.99. The Bertz CT molecular complexity index is 963. The van der Waals surface area contributed by atoms with Crippen LogP contribution in [-0.4, -0.2) is 41.6 Å². The first-order chi connectivity index (χ1) is 12.3. The smallest absolute Gasteiger partial charge is 0.359 e. The molecular formula is C18H23N3O4S. The van der Waals surface area contributed by atoms with Gasteiger partial charge in [-0.05, 0) is 32.4 Å². The summed E-state index contributed by atoms with van der Waals surface area (Å²) in [4.78, 5) is 12.5. The summed E-state index contributed by atoms with van der Waals surface area (Å²) in [5.74, 6) is -0.518. The number of hydrogen-bond acceptors (Lipinski definition) is 5. The van der Waals surface area contributed by atoms with E-state index in [1.165, 1.54) is 4.31 Å². The van der Waals surface area contributed by atoms with Crippen molar-refractivity contribution in [1.82, 2.24) is 14.1 Å². The van der Waals surface area contributed by atoms with Gasteiger partial charge in [-0.25, -0.2) is 13.2 Å². The minimum Gasteiger partial charge on any atom is -0.461 e. The van der Waals surface area contributed by atoms with Gasteiger partial charge in [0.05, 0.1) is 11.5 Å². The van der Waals surface area contributed by atoms with Crippen LogP contribution in [0.3, 0.4) is 0 Å². The standard InChI is InChI=1S/C18H23N3O4S/c1-5-25-18(22)17-14-11-21(9-8-15(14)20(4)19-17)26(23,24)16-7-6-12(2)10-13(16)3/h6-7,10H,5,8-9,11H2,1-4H3. The van der Waals surface area contributed by atoms with Crippen molar-refractivity contribution in [2.24, 2.45) is 7.05 Å². The number of esters is 1. The van der Waals surface area contributed by atoms with Gasteiger partial charge in [-0.1, -0.05) is 17.7 Å². The highest BCUT2D eigenvalue weighted by molar-refractivity contribution is 7.89. The number of nitrogens with zero attached hydrogens (tertiary/aromatic N) is 3.